The van der Waals surface area contributed by atoms with Crippen molar-refractivity contribution in [2.75, 3.05) is 5.32 Å². The summed E-state index contributed by atoms with van der Waals surface area (Å²) >= 11 is 0. The molecule has 27 heavy (non-hydrogen) atoms. The van der Waals surface area contributed by atoms with Gasteiger partial charge in [-0.1, -0.05) is 30.3 Å². The number of rotatable bonds is 3. The number of ketones is 2. The van der Waals surface area contributed by atoms with Gasteiger partial charge in [-0.25, -0.2) is 4.79 Å². The number of nitrogens with one attached hydrogen (secondary N) is 1. The molecule has 0 atom stereocenters. The summed E-state index contributed by atoms with van der Waals surface area (Å²) in [6.45, 7) is 0. The van der Waals surface area contributed by atoms with Gasteiger partial charge in [-0.15, -0.1) is 0 Å². The Morgan fingerprint density at radius 1 is 0.815 bits per heavy atom. The number of benzene rings is 3. The lowest BCUT2D eigenvalue weighted by molar-refractivity contribution is 0.0696. The van der Waals surface area contributed by atoms with Crippen LogP contribution in [0.2, 0.25) is 0 Å². The van der Waals surface area contributed by atoms with Crippen molar-refractivity contribution in [1.82, 2.24) is 0 Å². The molecule has 132 valence electrons. The lowest BCUT2D eigenvalue weighted by Crippen LogP contribution is -2.22. The minimum absolute atomic E-state index is 0.0573. The van der Waals surface area contributed by atoms with Crippen molar-refractivity contribution in [2.24, 2.45) is 0 Å². The van der Waals surface area contributed by atoms with Gasteiger partial charge < -0.3 is 15.5 Å². The van der Waals surface area contributed by atoms with Gasteiger partial charge in [0.25, 0.3) is 0 Å². The number of phenols is 1. The normalized spacial score (nSPS) is 12.3. The number of carbonyl (C=O) groups is 3. The van der Waals surface area contributed by atoms with E-state index in [2.05, 4.69) is 5.32 Å². The number of fused-ring (bicyclic) bond motifs is 2. The SMILES string of the molecule is O=C(O)c1cccc(Nc2ccc(O)c3c2C(=O)c2ccccc2C3=O)c1. The topological polar surface area (TPSA) is 104 Å². The molecular formula is C21H13NO5. The summed E-state index contributed by atoms with van der Waals surface area (Å²) in [6.07, 6.45) is 0. The first kappa shape index (κ1) is 16.5. The molecule has 3 N–H and O–H groups in total. The van der Waals surface area contributed by atoms with Crippen molar-refractivity contribution in [3.8, 4) is 5.75 Å². The number of aromatic hydroxyl groups is 1. The van der Waals surface area contributed by atoms with E-state index < -0.39 is 11.8 Å². The Morgan fingerprint density at radius 2 is 1.48 bits per heavy atom. The molecule has 3 aromatic carbocycles. The monoisotopic (exact) mass is 359 g/mol. The average molecular weight is 359 g/mol. The zero-order chi connectivity index (χ0) is 19.1. The quantitative estimate of drug-likeness (QED) is 0.483. The van der Waals surface area contributed by atoms with Crippen LogP contribution in [0.4, 0.5) is 11.4 Å². The van der Waals surface area contributed by atoms with Crippen LogP contribution < -0.4 is 5.32 Å². The highest BCUT2D eigenvalue weighted by molar-refractivity contribution is 6.31. The first-order chi connectivity index (χ1) is 13.0. The number of carbonyl (C=O) groups excluding carboxylic acids is 2. The molecule has 6 heteroatoms. The van der Waals surface area contributed by atoms with E-state index in [4.69, 9.17) is 5.11 Å². The molecule has 0 amide bonds. The number of aromatic carboxylic acids is 1. The summed E-state index contributed by atoms with van der Waals surface area (Å²) in [5.41, 5.74) is 1.37. The molecule has 0 radical (unpaired) electrons. The van der Waals surface area contributed by atoms with Crippen LogP contribution in [0.3, 0.4) is 0 Å². The van der Waals surface area contributed by atoms with Crippen LogP contribution in [-0.2, 0) is 0 Å². The van der Waals surface area contributed by atoms with Crippen LogP contribution in [0.25, 0.3) is 0 Å². The minimum Gasteiger partial charge on any atom is -0.507 e. The van der Waals surface area contributed by atoms with Crippen molar-refractivity contribution < 1.29 is 24.6 Å². The molecule has 0 heterocycles. The third-order valence-corrected chi connectivity index (χ3v) is 4.44. The number of carboxylic acids is 1. The number of carboxylic acid groups (broad SMARTS) is 1. The third-order valence-electron chi connectivity index (χ3n) is 4.44. The van der Waals surface area contributed by atoms with E-state index in [1.165, 1.54) is 24.3 Å². The number of phenolic OH excluding ortho intramolecular Hbond substituents is 1. The number of hydrogen-bond donors (Lipinski definition) is 3. The van der Waals surface area contributed by atoms with Crippen LogP contribution in [0.5, 0.6) is 5.75 Å². The van der Waals surface area contributed by atoms with E-state index in [0.717, 1.165) is 0 Å². The van der Waals surface area contributed by atoms with E-state index in [-0.39, 0.29) is 39.4 Å². The van der Waals surface area contributed by atoms with Gasteiger partial charge in [0, 0.05) is 16.8 Å². The highest BCUT2D eigenvalue weighted by Crippen LogP contribution is 2.38. The highest BCUT2D eigenvalue weighted by Gasteiger charge is 2.33. The summed E-state index contributed by atoms with van der Waals surface area (Å²) in [7, 11) is 0. The standard InChI is InChI=1S/C21H13NO5/c23-16-9-8-15(22-12-5-3-4-11(10-12)21(26)27)17-18(16)20(25)14-7-2-1-6-13(14)19(17)24/h1-10,22-23H,(H,26,27). The van der Waals surface area contributed by atoms with Crippen molar-refractivity contribution in [3.63, 3.8) is 0 Å². The molecule has 0 spiro atoms. The van der Waals surface area contributed by atoms with Crippen LogP contribution in [0.15, 0.2) is 60.7 Å². The van der Waals surface area contributed by atoms with Gasteiger partial charge in [0.05, 0.1) is 22.4 Å². The predicted molar refractivity (Wildman–Crippen MR) is 98.1 cm³/mol. The lowest BCUT2D eigenvalue weighted by Gasteiger charge is -2.21. The molecule has 4 rings (SSSR count). The van der Waals surface area contributed by atoms with Crippen molar-refractivity contribution in [1.29, 1.82) is 0 Å². The van der Waals surface area contributed by atoms with Crippen LogP contribution in [0, 0.1) is 0 Å². The molecule has 0 unspecified atom stereocenters. The Hall–Kier alpha value is -3.93. The molecule has 1 aliphatic rings. The van der Waals surface area contributed by atoms with Crippen molar-refractivity contribution in [2.45, 2.75) is 0 Å². The third kappa shape index (κ3) is 2.64. The van der Waals surface area contributed by atoms with E-state index >= 15 is 0 Å². The molecular weight excluding hydrogens is 346 g/mol. The second-order valence-corrected chi connectivity index (χ2v) is 6.10. The molecule has 0 saturated carbocycles. The van der Waals surface area contributed by atoms with E-state index in [0.29, 0.717) is 11.4 Å². The maximum Gasteiger partial charge on any atom is 0.335 e. The first-order valence-electron chi connectivity index (χ1n) is 8.12. The van der Waals surface area contributed by atoms with E-state index in [9.17, 15) is 19.5 Å². The van der Waals surface area contributed by atoms with Gasteiger partial charge in [0.1, 0.15) is 5.75 Å². The van der Waals surface area contributed by atoms with Gasteiger partial charge in [-0.05, 0) is 30.3 Å². The summed E-state index contributed by atoms with van der Waals surface area (Å²) in [4.78, 5) is 37.0. The first-order valence-corrected chi connectivity index (χ1v) is 8.12. The molecule has 3 aromatic rings. The smallest absolute Gasteiger partial charge is 0.335 e. The summed E-state index contributed by atoms with van der Waals surface area (Å²) < 4.78 is 0. The summed E-state index contributed by atoms with van der Waals surface area (Å²) in [5, 5.41) is 22.3. The van der Waals surface area contributed by atoms with Crippen molar-refractivity contribution in [3.05, 3.63) is 88.5 Å². The fourth-order valence-electron chi connectivity index (χ4n) is 3.20. The van der Waals surface area contributed by atoms with Crippen molar-refractivity contribution >= 4 is 28.9 Å². The molecule has 0 saturated heterocycles. The Bertz CT molecular complexity index is 1130. The number of anilines is 2. The summed E-state index contributed by atoms with van der Waals surface area (Å²) in [5.74, 6) is -2.16. The van der Waals surface area contributed by atoms with E-state index in [1.807, 2.05) is 0 Å². The minimum atomic E-state index is -1.08. The van der Waals surface area contributed by atoms with Crippen LogP contribution in [-0.4, -0.2) is 27.7 Å². The summed E-state index contributed by atoms with van der Waals surface area (Å²) in [6, 6.07) is 15.4. The van der Waals surface area contributed by atoms with E-state index in [1.54, 1.807) is 36.4 Å². The maximum absolute atomic E-state index is 13.0. The fraction of sp³-hybridized carbons (Fsp3) is 0. The van der Waals surface area contributed by atoms with Gasteiger partial charge in [0.15, 0.2) is 11.6 Å². The van der Waals surface area contributed by atoms with Gasteiger partial charge in [-0.2, -0.15) is 0 Å². The number of hydrogen-bond acceptors (Lipinski definition) is 5. The van der Waals surface area contributed by atoms with Gasteiger partial charge in [-0.3, -0.25) is 9.59 Å². The Morgan fingerprint density at radius 3 is 2.15 bits per heavy atom. The zero-order valence-electron chi connectivity index (χ0n) is 13.9. The molecule has 0 aromatic heterocycles. The lowest BCUT2D eigenvalue weighted by atomic mass is 9.82. The largest absolute Gasteiger partial charge is 0.507 e. The van der Waals surface area contributed by atoms with Gasteiger partial charge in [0.2, 0.25) is 0 Å². The molecule has 0 bridgehead atoms. The van der Waals surface area contributed by atoms with Gasteiger partial charge >= 0.3 is 5.97 Å². The second-order valence-electron chi connectivity index (χ2n) is 6.10. The molecule has 6 nitrogen and oxygen atoms in total. The molecule has 0 fully saturated rings. The van der Waals surface area contributed by atoms with Crippen LogP contribution in [0.1, 0.15) is 42.2 Å². The molecule has 1 aliphatic carbocycles. The second kappa shape index (κ2) is 6.10. The molecule has 0 aliphatic heterocycles. The highest BCUT2D eigenvalue weighted by atomic mass is 16.4. The Balaban J connectivity index is 1.86. The fourth-order valence-corrected chi connectivity index (χ4v) is 3.20. The Labute approximate surface area is 153 Å². The zero-order valence-corrected chi connectivity index (χ0v) is 13.9. The average Bonchev–Trinajstić information content (AvgIpc) is 2.67. The predicted octanol–water partition coefficient (Wildman–Crippen LogP) is 3.61. The van der Waals surface area contributed by atoms with Crippen LogP contribution >= 0.6 is 0 Å². The Kier molecular flexibility index (Phi) is 3.74. The maximum atomic E-state index is 13.0.